The van der Waals surface area contributed by atoms with Crippen LogP contribution in [-0.2, 0) is 19.6 Å². The Morgan fingerprint density at radius 1 is 1.19 bits per heavy atom. The Bertz CT molecular complexity index is 948. The fraction of sp³-hybridized carbons (Fsp3) is 0.591. The molecule has 1 amide bonds. The molecule has 1 aromatic rings. The number of nitrogens with zero attached hydrogens (tertiary/aromatic N) is 2. The molecule has 0 aliphatic carbocycles. The molecule has 0 saturated carbocycles. The number of hydrogen-bond acceptors (Lipinski definition) is 5. The van der Waals surface area contributed by atoms with E-state index in [9.17, 15) is 18.0 Å². The number of carboxylic acids is 1. The lowest BCUT2D eigenvalue weighted by molar-refractivity contribution is -0.151. The molecule has 2 bridgehead atoms. The van der Waals surface area contributed by atoms with Crippen LogP contribution in [0.5, 0.6) is 0 Å². The summed E-state index contributed by atoms with van der Waals surface area (Å²) in [6.45, 7) is 2.70. The monoisotopic (exact) mass is 466 g/mol. The van der Waals surface area contributed by atoms with Gasteiger partial charge in [-0.05, 0) is 61.8 Å². The molecule has 4 rings (SSSR count). The molecular formula is C22H30N2O7S. The van der Waals surface area contributed by atoms with Gasteiger partial charge in [0, 0.05) is 31.6 Å². The molecule has 2 N–H and O–H groups in total. The summed E-state index contributed by atoms with van der Waals surface area (Å²) >= 11 is 0. The highest BCUT2D eigenvalue weighted by atomic mass is 32.2. The van der Waals surface area contributed by atoms with Gasteiger partial charge in [0.2, 0.25) is 15.9 Å². The first-order valence-corrected chi connectivity index (χ1v) is 12.4. The molecule has 0 spiro atoms. The Balaban J connectivity index is 0.000000913. The number of carbonyl (C=O) groups excluding carboxylic acids is 1. The van der Waals surface area contributed by atoms with Crippen LogP contribution < -0.4 is 0 Å². The van der Waals surface area contributed by atoms with E-state index in [2.05, 4.69) is 11.8 Å². The third-order valence-corrected chi connectivity index (χ3v) is 8.63. The molecule has 3 saturated heterocycles. The highest BCUT2D eigenvalue weighted by Crippen LogP contribution is 2.43. The van der Waals surface area contributed by atoms with E-state index in [1.165, 1.54) is 24.3 Å². The van der Waals surface area contributed by atoms with Gasteiger partial charge >= 0.3 is 5.97 Å². The Morgan fingerprint density at radius 3 is 2.41 bits per heavy atom. The number of aromatic carboxylic acids is 1. The molecule has 0 radical (unpaired) electrons. The number of amides is 1. The molecule has 3 aliphatic heterocycles. The van der Waals surface area contributed by atoms with Crippen LogP contribution in [0.3, 0.4) is 0 Å². The second-order valence-electron chi connectivity index (χ2n) is 8.63. The van der Waals surface area contributed by atoms with E-state index in [0.717, 1.165) is 32.1 Å². The molecule has 3 fully saturated rings. The van der Waals surface area contributed by atoms with E-state index in [4.69, 9.17) is 15.0 Å². The lowest BCUT2D eigenvalue weighted by Crippen LogP contribution is -2.65. The van der Waals surface area contributed by atoms with Crippen LogP contribution in [0.2, 0.25) is 0 Å². The predicted octanol–water partition coefficient (Wildman–Crippen LogP) is 2.28. The normalized spacial score (nSPS) is 27.7. The van der Waals surface area contributed by atoms with Crippen molar-refractivity contribution in [2.45, 2.75) is 62.4 Å². The molecule has 1 aromatic carbocycles. The van der Waals surface area contributed by atoms with Crippen molar-refractivity contribution < 1.29 is 33.0 Å². The van der Waals surface area contributed by atoms with E-state index in [1.54, 1.807) is 4.31 Å². The van der Waals surface area contributed by atoms with Crippen molar-refractivity contribution in [3.05, 3.63) is 29.8 Å². The summed E-state index contributed by atoms with van der Waals surface area (Å²) in [5, 5.41) is 15.9. The highest BCUT2D eigenvalue weighted by Gasteiger charge is 2.50. The predicted molar refractivity (Wildman–Crippen MR) is 116 cm³/mol. The van der Waals surface area contributed by atoms with Crippen LogP contribution in [0.4, 0.5) is 0 Å². The SMILES string of the molecule is CCC[C@H]1[C@H]2C[C@H](CN(S(=O)(=O)c3ccc(C(=O)O)cc3)C2)[C@@H]2CCCC(=O)N21.O=CO. The van der Waals surface area contributed by atoms with Gasteiger partial charge < -0.3 is 15.1 Å². The van der Waals surface area contributed by atoms with Crippen molar-refractivity contribution in [3.63, 3.8) is 0 Å². The first-order valence-electron chi connectivity index (χ1n) is 11.0. The molecule has 32 heavy (non-hydrogen) atoms. The second kappa shape index (κ2) is 9.99. The summed E-state index contributed by atoms with van der Waals surface area (Å²) in [6, 6.07) is 5.67. The van der Waals surface area contributed by atoms with Gasteiger partial charge in [0.25, 0.3) is 6.47 Å². The van der Waals surface area contributed by atoms with Crippen LogP contribution in [-0.4, -0.2) is 71.4 Å². The summed E-state index contributed by atoms with van der Waals surface area (Å²) in [5.41, 5.74) is 0.0684. The van der Waals surface area contributed by atoms with Crippen molar-refractivity contribution in [2.75, 3.05) is 13.1 Å². The van der Waals surface area contributed by atoms with Crippen molar-refractivity contribution in [1.82, 2.24) is 9.21 Å². The Hall–Kier alpha value is -2.46. The van der Waals surface area contributed by atoms with Gasteiger partial charge in [0.15, 0.2) is 0 Å². The van der Waals surface area contributed by atoms with Gasteiger partial charge in [-0.1, -0.05) is 13.3 Å². The van der Waals surface area contributed by atoms with Gasteiger partial charge in [0.1, 0.15) is 0 Å². The van der Waals surface area contributed by atoms with Gasteiger partial charge in [-0.15, -0.1) is 0 Å². The van der Waals surface area contributed by atoms with Crippen LogP contribution in [0.15, 0.2) is 29.2 Å². The number of hydrogen-bond donors (Lipinski definition) is 2. The summed E-state index contributed by atoms with van der Waals surface area (Å²) in [4.78, 5) is 34.3. The molecule has 0 aromatic heterocycles. The smallest absolute Gasteiger partial charge is 0.335 e. The van der Waals surface area contributed by atoms with Crippen LogP contribution in [0.1, 0.15) is 55.8 Å². The molecule has 176 valence electrons. The third-order valence-electron chi connectivity index (χ3n) is 6.79. The Labute approximate surface area is 188 Å². The maximum atomic E-state index is 13.3. The van der Waals surface area contributed by atoms with Crippen molar-refractivity contribution in [2.24, 2.45) is 11.8 Å². The van der Waals surface area contributed by atoms with Gasteiger partial charge in [-0.3, -0.25) is 9.59 Å². The summed E-state index contributed by atoms with van der Waals surface area (Å²) in [5.74, 6) is -0.528. The van der Waals surface area contributed by atoms with E-state index < -0.39 is 16.0 Å². The largest absolute Gasteiger partial charge is 0.483 e. The minimum absolute atomic E-state index is 0.0684. The molecule has 3 heterocycles. The average Bonchev–Trinajstić information content (AvgIpc) is 2.77. The topological polar surface area (TPSA) is 132 Å². The van der Waals surface area contributed by atoms with Crippen molar-refractivity contribution in [3.8, 4) is 0 Å². The van der Waals surface area contributed by atoms with Gasteiger partial charge in [-0.25, -0.2) is 13.2 Å². The quantitative estimate of drug-likeness (QED) is 0.636. The van der Waals surface area contributed by atoms with Gasteiger partial charge in [0.05, 0.1) is 10.5 Å². The zero-order chi connectivity index (χ0) is 23.5. The molecule has 9 nitrogen and oxygen atoms in total. The van der Waals surface area contributed by atoms with Crippen LogP contribution >= 0.6 is 0 Å². The lowest BCUT2D eigenvalue weighted by Gasteiger charge is -2.56. The first kappa shape index (κ1) is 24.2. The first-order chi connectivity index (χ1) is 15.2. The summed E-state index contributed by atoms with van der Waals surface area (Å²) < 4.78 is 28.1. The second-order valence-corrected chi connectivity index (χ2v) is 10.6. The van der Waals surface area contributed by atoms with Crippen molar-refractivity contribution >= 4 is 28.4 Å². The zero-order valence-corrected chi connectivity index (χ0v) is 18.9. The molecule has 3 aliphatic rings. The lowest BCUT2D eigenvalue weighted by atomic mass is 9.71. The Kier molecular flexibility index (Phi) is 7.55. The summed E-state index contributed by atoms with van der Waals surface area (Å²) in [7, 11) is -3.70. The van der Waals surface area contributed by atoms with E-state index >= 15 is 0 Å². The number of carboxylic acid groups (broad SMARTS) is 2. The van der Waals surface area contributed by atoms with Crippen molar-refractivity contribution in [1.29, 1.82) is 0 Å². The molecule has 10 heteroatoms. The van der Waals surface area contributed by atoms with Gasteiger partial charge in [-0.2, -0.15) is 4.31 Å². The number of carbonyl (C=O) groups is 3. The third kappa shape index (κ3) is 4.66. The fourth-order valence-electron chi connectivity index (χ4n) is 5.51. The number of fused-ring (bicyclic) bond motifs is 4. The standard InChI is InChI=1S/C21H28N2O5S.CH2O2/c1-2-4-18-15-11-16(19-5-3-6-20(24)23(18)19)13-22(12-15)29(27,28)17-9-7-14(8-10-17)21(25)26;2-1-3/h7-10,15-16,18-19H,2-6,11-13H2,1H3,(H,25,26);1H,(H,2,3)/t15-,16+,18-,19-;/m0./s1. The fourth-order valence-corrected chi connectivity index (χ4v) is 7.07. The summed E-state index contributed by atoms with van der Waals surface area (Å²) in [6.07, 6.45) is 5.28. The average molecular weight is 467 g/mol. The number of benzene rings is 1. The van der Waals surface area contributed by atoms with Crippen LogP contribution in [0, 0.1) is 11.8 Å². The maximum Gasteiger partial charge on any atom is 0.335 e. The van der Waals surface area contributed by atoms with E-state index in [1.807, 2.05) is 0 Å². The number of rotatable bonds is 5. The van der Waals surface area contributed by atoms with E-state index in [-0.39, 0.29) is 46.8 Å². The highest BCUT2D eigenvalue weighted by molar-refractivity contribution is 7.89. The Morgan fingerprint density at radius 2 is 1.81 bits per heavy atom. The minimum atomic E-state index is -3.70. The molecular weight excluding hydrogens is 436 g/mol. The zero-order valence-electron chi connectivity index (χ0n) is 18.1. The number of sulfonamides is 1. The number of piperidine rings is 3. The minimum Gasteiger partial charge on any atom is -0.483 e. The maximum absolute atomic E-state index is 13.3. The molecule has 0 unspecified atom stereocenters. The molecule has 4 atom stereocenters. The van der Waals surface area contributed by atoms with E-state index in [0.29, 0.717) is 19.5 Å². The van der Waals surface area contributed by atoms with Crippen LogP contribution in [0.25, 0.3) is 0 Å².